The number of pyridine rings is 1. The monoisotopic (exact) mass is 240 g/mol. The molecule has 0 aliphatic heterocycles. The zero-order chi connectivity index (χ0) is 13.4. The lowest BCUT2D eigenvalue weighted by Gasteiger charge is -2.19. The van der Waals surface area contributed by atoms with Crippen LogP contribution in [0.25, 0.3) is 11.3 Å². The Hall–Kier alpha value is -1.83. The number of hydrogen-bond acceptors (Lipinski definition) is 2. The number of benzene rings is 1. The topological polar surface area (TPSA) is 38.9 Å². The van der Waals surface area contributed by atoms with Gasteiger partial charge in [0.2, 0.25) is 0 Å². The SMILES string of the molecule is Cc1c(C)c(C)c(-c2ncccc2N)c(C)c1C. The predicted molar refractivity (Wildman–Crippen MR) is 77.8 cm³/mol. The minimum atomic E-state index is 0.742. The van der Waals surface area contributed by atoms with E-state index in [0.717, 1.165) is 11.4 Å². The van der Waals surface area contributed by atoms with Gasteiger partial charge >= 0.3 is 0 Å². The Balaban J connectivity index is 2.85. The van der Waals surface area contributed by atoms with Crippen molar-refractivity contribution in [3.8, 4) is 11.3 Å². The average molecular weight is 240 g/mol. The van der Waals surface area contributed by atoms with Crippen LogP contribution in [0.15, 0.2) is 18.3 Å². The molecule has 1 aromatic carbocycles. The Bertz CT molecular complexity index is 584. The van der Waals surface area contributed by atoms with E-state index in [4.69, 9.17) is 5.73 Å². The van der Waals surface area contributed by atoms with Crippen molar-refractivity contribution < 1.29 is 0 Å². The number of nitrogens with zero attached hydrogens (tertiary/aromatic N) is 1. The van der Waals surface area contributed by atoms with Gasteiger partial charge in [-0.3, -0.25) is 4.98 Å². The standard InChI is InChI=1S/C16H20N2/c1-9-10(2)12(4)15(13(5)11(9)3)16-14(17)7-6-8-18-16/h6-8H,17H2,1-5H3. The largest absolute Gasteiger partial charge is 0.397 e. The fraction of sp³-hybridized carbons (Fsp3) is 0.312. The fourth-order valence-electron chi connectivity index (χ4n) is 2.48. The van der Waals surface area contributed by atoms with E-state index in [1.54, 1.807) is 6.20 Å². The van der Waals surface area contributed by atoms with Crippen LogP contribution in [-0.2, 0) is 0 Å². The Kier molecular flexibility index (Phi) is 3.12. The van der Waals surface area contributed by atoms with Gasteiger partial charge in [0.25, 0.3) is 0 Å². The highest BCUT2D eigenvalue weighted by atomic mass is 14.7. The van der Waals surface area contributed by atoms with Crippen molar-refractivity contribution in [3.63, 3.8) is 0 Å². The molecule has 0 saturated carbocycles. The second kappa shape index (κ2) is 4.45. The zero-order valence-corrected chi connectivity index (χ0v) is 11.8. The average Bonchev–Trinajstić information content (AvgIpc) is 2.36. The number of nitrogen functional groups attached to an aromatic ring is 1. The van der Waals surface area contributed by atoms with E-state index in [9.17, 15) is 0 Å². The summed E-state index contributed by atoms with van der Waals surface area (Å²) in [4.78, 5) is 4.46. The molecular formula is C16H20N2. The minimum Gasteiger partial charge on any atom is -0.397 e. The molecule has 2 N–H and O–H groups in total. The van der Waals surface area contributed by atoms with E-state index in [2.05, 4.69) is 39.6 Å². The van der Waals surface area contributed by atoms with Crippen molar-refractivity contribution in [1.82, 2.24) is 4.98 Å². The first-order valence-corrected chi connectivity index (χ1v) is 6.23. The van der Waals surface area contributed by atoms with Crippen LogP contribution >= 0.6 is 0 Å². The van der Waals surface area contributed by atoms with Crippen molar-refractivity contribution in [2.75, 3.05) is 5.73 Å². The third kappa shape index (κ3) is 1.78. The smallest absolute Gasteiger partial charge is 0.0936 e. The van der Waals surface area contributed by atoms with Crippen LogP contribution in [0, 0.1) is 34.6 Å². The van der Waals surface area contributed by atoms with Gasteiger partial charge in [-0.05, 0) is 74.6 Å². The van der Waals surface area contributed by atoms with E-state index in [1.165, 1.54) is 33.4 Å². The summed E-state index contributed by atoms with van der Waals surface area (Å²) >= 11 is 0. The summed E-state index contributed by atoms with van der Waals surface area (Å²) in [6.45, 7) is 10.8. The maximum atomic E-state index is 6.07. The molecule has 0 aliphatic carbocycles. The summed E-state index contributed by atoms with van der Waals surface area (Å²) in [6.07, 6.45) is 1.80. The van der Waals surface area contributed by atoms with E-state index in [1.807, 2.05) is 12.1 Å². The molecule has 1 aromatic heterocycles. The molecule has 18 heavy (non-hydrogen) atoms. The molecule has 0 saturated heterocycles. The number of anilines is 1. The molecule has 0 unspecified atom stereocenters. The molecule has 0 spiro atoms. The van der Waals surface area contributed by atoms with Gasteiger partial charge in [-0.25, -0.2) is 0 Å². The third-order valence-corrected chi connectivity index (χ3v) is 4.08. The molecule has 2 heteroatoms. The molecule has 0 atom stereocenters. The molecule has 2 rings (SSSR count). The lowest BCUT2D eigenvalue weighted by molar-refractivity contribution is 1.16. The van der Waals surface area contributed by atoms with E-state index >= 15 is 0 Å². The van der Waals surface area contributed by atoms with E-state index in [0.29, 0.717) is 0 Å². The van der Waals surface area contributed by atoms with Crippen LogP contribution in [0.5, 0.6) is 0 Å². The van der Waals surface area contributed by atoms with Crippen LogP contribution in [0.2, 0.25) is 0 Å². The molecule has 0 aliphatic rings. The molecule has 1 heterocycles. The molecule has 0 radical (unpaired) electrons. The zero-order valence-electron chi connectivity index (χ0n) is 11.8. The lowest BCUT2D eigenvalue weighted by Crippen LogP contribution is -2.02. The number of nitrogens with two attached hydrogens (primary N) is 1. The van der Waals surface area contributed by atoms with Crippen LogP contribution in [0.1, 0.15) is 27.8 Å². The van der Waals surface area contributed by atoms with Crippen LogP contribution < -0.4 is 5.73 Å². The highest BCUT2D eigenvalue weighted by molar-refractivity contribution is 5.79. The Labute approximate surface area is 109 Å². The Morgan fingerprint density at radius 2 is 1.33 bits per heavy atom. The molecule has 0 amide bonds. The van der Waals surface area contributed by atoms with Crippen molar-refractivity contribution in [1.29, 1.82) is 0 Å². The Morgan fingerprint density at radius 3 is 1.83 bits per heavy atom. The first-order chi connectivity index (χ1) is 8.45. The summed E-state index contributed by atoms with van der Waals surface area (Å²) < 4.78 is 0. The first kappa shape index (κ1) is 12.6. The van der Waals surface area contributed by atoms with Gasteiger partial charge in [-0.2, -0.15) is 0 Å². The maximum absolute atomic E-state index is 6.07. The summed E-state index contributed by atoms with van der Waals surface area (Å²) in [5.41, 5.74) is 15.5. The van der Waals surface area contributed by atoms with Gasteiger partial charge in [-0.1, -0.05) is 0 Å². The Morgan fingerprint density at radius 1 is 0.833 bits per heavy atom. The summed E-state index contributed by atoms with van der Waals surface area (Å²) in [7, 11) is 0. The quantitative estimate of drug-likeness (QED) is 0.821. The van der Waals surface area contributed by atoms with E-state index < -0.39 is 0 Å². The van der Waals surface area contributed by atoms with Gasteiger partial charge in [0.15, 0.2) is 0 Å². The van der Waals surface area contributed by atoms with Crippen LogP contribution in [-0.4, -0.2) is 4.98 Å². The number of hydrogen-bond donors (Lipinski definition) is 1. The molecule has 94 valence electrons. The maximum Gasteiger partial charge on any atom is 0.0936 e. The van der Waals surface area contributed by atoms with Crippen molar-refractivity contribution in [2.24, 2.45) is 0 Å². The summed E-state index contributed by atoms with van der Waals surface area (Å²) in [5, 5.41) is 0. The highest BCUT2D eigenvalue weighted by Gasteiger charge is 2.16. The van der Waals surface area contributed by atoms with Gasteiger partial charge in [0, 0.05) is 11.8 Å². The number of rotatable bonds is 1. The molecule has 2 nitrogen and oxygen atoms in total. The molecular weight excluding hydrogens is 220 g/mol. The fourth-order valence-corrected chi connectivity index (χ4v) is 2.48. The van der Waals surface area contributed by atoms with Crippen molar-refractivity contribution in [2.45, 2.75) is 34.6 Å². The predicted octanol–water partition coefficient (Wildman–Crippen LogP) is 3.87. The van der Waals surface area contributed by atoms with Gasteiger partial charge in [0.1, 0.15) is 0 Å². The second-order valence-electron chi connectivity index (χ2n) is 4.94. The van der Waals surface area contributed by atoms with Gasteiger partial charge in [0.05, 0.1) is 11.4 Å². The third-order valence-electron chi connectivity index (χ3n) is 4.08. The van der Waals surface area contributed by atoms with Crippen molar-refractivity contribution in [3.05, 3.63) is 46.1 Å². The van der Waals surface area contributed by atoms with Crippen LogP contribution in [0.4, 0.5) is 5.69 Å². The molecule has 0 bridgehead atoms. The highest BCUT2D eigenvalue weighted by Crippen LogP contribution is 2.35. The van der Waals surface area contributed by atoms with Gasteiger partial charge < -0.3 is 5.73 Å². The second-order valence-corrected chi connectivity index (χ2v) is 4.94. The summed E-state index contributed by atoms with van der Waals surface area (Å²) in [5.74, 6) is 0. The summed E-state index contributed by atoms with van der Waals surface area (Å²) in [6, 6.07) is 3.78. The van der Waals surface area contributed by atoms with E-state index in [-0.39, 0.29) is 0 Å². The minimum absolute atomic E-state index is 0.742. The van der Waals surface area contributed by atoms with Crippen LogP contribution in [0.3, 0.4) is 0 Å². The first-order valence-electron chi connectivity index (χ1n) is 6.23. The lowest BCUT2D eigenvalue weighted by atomic mass is 9.87. The molecule has 0 fully saturated rings. The van der Waals surface area contributed by atoms with Crippen molar-refractivity contribution >= 4 is 5.69 Å². The molecule has 2 aromatic rings. The van der Waals surface area contributed by atoms with Gasteiger partial charge in [-0.15, -0.1) is 0 Å². The normalized spacial score (nSPS) is 10.7. The number of aromatic nitrogens is 1.